The second-order valence-electron chi connectivity index (χ2n) is 4.38. The summed E-state index contributed by atoms with van der Waals surface area (Å²) in [7, 11) is 0. The van der Waals surface area contributed by atoms with E-state index in [0.29, 0.717) is 0 Å². The quantitative estimate of drug-likeness (QED) is 0.874. The number of anilines is 1. The van der Waals surface area contributed by atoms with Gasteiger partial charge in [-0.15, -0.1) is 12.4 Å². The van der Waals surface area contributed by atoms with E-state index in [9.17, 15) is 4.79 Å². The van der Waals surface area contributed by atoms with Gasteiger partial charge in [-0.2, -0.15) is 0 Å². The fourth-order valence-corrected chi connectivity index (χ4v) is 1.37. The van der Waals surface area contributed by atoms with Crippen LogP contribution in [0.2, 0.25) is 0 Å². The third-order valence-electron chi connectivity index (χ3n) is 3.06. The number of aryl methyl sites for hydroxylation is 1. The molecule has 2 unspecified atom stereocenters. The Labute approximate surface area is 109 Å². The van der Waals surface area contributed by atoms with Crippen molar-refractivity contribution >= 4 is 24.0 Å². The maximum Gasteiger partial charge on any atom is 0.228 e. The van der Waals surface area contributed by atoms with E-state index in [2.05, 4.69) is 5.32 Å². The summed E-state index contributed by atoms with van der Waals surface area (Å²) < 4.78 is 0. The first-order chi connectivity index (χ1) is 7.43. The van der Waals surface area contributed by atoms with Crippen molar-refractivity contribution in [2.45, 2.75) is 33.7 Å². The van der Waals surface area contributed by atoms with Crippen molar-refractivity contribution in [3.8, 4) is 0 Å². The van der Waals surface area contributed by atoms with Gasteiger partial charge in [-0.3, -0.25) is 4.79 Å². The number of amides is 1. The molecular weight excluding hydrogens is 236 g/mol. The van der Waals surface area contributed by atoms with Gasteiger partial charge in [-0.05, 0) is 38.0 Å². The molecular formula is C13H21ClN2O. The van der Waals surface area contributed by atoms with E-state index < -0.39 is 0 Å². The molecule has 0 aliphatic heterocycles. The minimum absolute atomic E-state index is 0. The smallest absolute Gasteiger partial charge is 0.228 e. The Morgan fingerprint density at radius 3 is 2.41 bits per heavy atom. The van der Waals surface area contributed by atoms with Crippen LogP contribution in [-0.2, 0) is 4.79 Å². The van der Waals surface area contributed by atoms with Crippen LogP contribution in [0.1, 0.15) is 25.0 Å². The number of carbonyl (C=O) groups is 1. The van der Waals surface area contributed by atoms with Gasteiger partial charge in [0.25, 0.3) is 0 Å². The molecule has 3 N–H and O–H groups in total. The van der Waals surface area contributed by atoms with Crippen molar-refractivity contribution < 1.29 is 4.79 Å². The Hall–Kier alpha value is -1.06. The summed E-state index contributed by atoms with van der Waals surface area (Å²) in [6, 6.07) is 5.74. The van der Waals surface area contributed by atoms with Crippen molar-refractivity contribution in [1.29, 1.82) is 0 Å². The zero-order valence-corrected chi connectivity index (χ0v) is 11.6. The van der Waals surface area contributed by atoms with E-state index in [1.165, 1.54) is 5.56 Å². The van der Waals surface area contributed by atoms with Crippen LogP contribution >= 0.6 is 12.4 Å². The third-order valence-corrected chi connectivity index (χ3v) is 3.06. The van der Waals surface area contributed by atoms with Gasteiger partial charge in [0, 0.05) is 11.7 Å². The molecule has 0 heterocycles. The monoisotopic (exact) mass is 256 g/mol. The molecule has 3 nitrogen and oxygen atoms in total. The fraction of sp³-hybridized carbons (Fsp3) is 0.462. The lowest BCUT2D eigenvalue weighted by Crippen LogP contribution is -2.34. The lowest BCUT2D eigenvalue weighted by molar-refractivity contribution is -0.119. The van der Waals surface area contributed by atoms with Gasteiger partial charge in [-0.1, -0.05) is 19.1 Å². The Morgan fingerprint density at radius 2 is 1.88 bits per heavy atom. The molecule has 0 fully saturated rings. The van der Waals surface area contributed by atoms with Crippen LogP contribution in [0.5, 0.6) is 0 Å². The van der Waals surface area contributed by atoms with Gasteiger partial charge in [0.1, 0.15) is 0 Å². The highest BCUT2D eigenvalue weighted by Gasteiger charge is 2.17. The molecule has 96 valence electrons. The minimum Gasteiger partial charge on any atom is -0.327 e. The third kappa shape index (κ3) is 4.02. The number of nitrogens with two attached hydrogens (primary N) is 1. The Bertz CT molecular complexity index is 391. The van der Waals surface area contributed by atoms with E-state index in [1.807, 2.05) is 45.9 Å². The zero-order chi connectivity index (χ0) is 12.3. The summed E-state index contributed by atoms with van der Waals surface area (Å²) in [5.74, 6) is -0.205. The molecule has 0 aromatic heterocycles. The molecule has 0 aliphatic rings. The van der Waals surface area contributed by atoms with Gasteiger partial charge in [0.05, 0.1) is 5.92 Å². The molecule has 0 saturated heterocycles. The molecule has 0 aliphatic carbocycles. The SMILES string of the molecule is Cc1cccc(NC(=O)C(C)C(C)N)c1C.Cl. The normalized spacial score (nSPS) is 13.5. The van der Waals surface area contributed by atoms with Gasteiger partial charge in [-0.25, -0.2) is 0 Å². The second-order valence-corrected chi connectivity index (χ2v) is 4.38. The number of hydrogen-bond acceptors (Lipinski definition) is 2. The Kier molecular flexibility index (Phi) is 6.21. The van der Waals surface area contributed by atoms with Crippen LogP contribution in [0.4, 0.5) is 5.69 Å². The van der Waals surface area contributed by atoms with E-state index in [0.717, 1.165) is 11.3 Å². The average molecular weight is 257 g/mol. The predicted molar refractivity (Wildman–Crippen MR) is 74.6 cm³/mol. The van der Waals surface area contributed by atoms with Crippen molar-refractivity contribution in [3.05, 3.63) is 29.3 Å². The molecule has 17 heavy (non-hydrogen) atoms. The van der Waals surface area contributed by atoms with Crippen molar-refractivity contribution in [1.82, 2.24) is 0 Å². The lowest BCUT2D eigenvalue weighted by atomic mass is 10.0. The van der Waals surface area contributed by atoms with Crippen LogP contribution in [-0.4, -0.2) is 11.9 Å². The summed E-state index contributed by atoms with van der Waals surface area (Å²) in [6.45, 7) is 7.71. The summed E-state index contributed by atoms with van der Waals surface area (Å²) in [6.07, 6.45) is 0. The van der Waals surface area contributed by atoms with Crippen molar-refractivity contribution in [2.24, 2.45) is 11.7 Å². The van der Waals surface area contributed by atoms with Crippen LogP contribution in [0.15, 0.2) is 18.2 Å². The summed E-state index contributed by atoms with van der Waals surface area (Å²) in [5, 5.41) is 2.91. The van der Waals surface area contributed by atoms with Crippen LogP contribution in [0.25, 0.3) is 0 Å². The predicted octanol–water partition coefficient (Wildman–Crippen LogP) is 2.65. The number of nitrogens with one attached hydrogen (secondary N) is 1. The minimum atomic E-state index is -0.181. The number of hydrogen-bond donors (Lipinski definition) is 2. The number of halogens is 1. The topological polar surface area (TPSA) is 55.1 Å². The van der Waals surface area contributed by atoms with Crippen LogP contribution < -0.4 is 11.1 Å². The first-order valence-corrected chi connectivity index (χ1v) is 5.56. The highest BCUT2D eigenvalue weighted by atomic mass is 35.5. The molecule has 1 amide bonds. The van der Waals surface area contributed by atoms with Crippen LogP contribution in [0.3, 0.4) is 0 Å². The van der Waals surface area contributed by atoms with Gasteiger partial charge < -0.3 is 11.1 Å². The Morgan fingerprint density at radius 1 is 1.29 bits per heavy atom. The number of carbonyl (C=O) groups excluding carboxylic acids is 1. The zero-order valence-electron chi connectivity index (χ0n) is 10.8. The molecule has 0 saturated carbocycles. The first-order valence-electron chi connectivity index (χ1n) is 5.56. The van der Waals surface area contributed by atoms with E-state index in [1.54, 1.807) is 0 Å². The van der Waals surface area contributed by atoms with Gasteiger partial charge >= 0.3 is 0 Å². The average Bonchev–Trinajstić information content (AvgIpc) is 2.23. The lowest BCUT2D eigenvalue weighted by Gasteiger charge is -2.17. The maximum absolute atomic E-state index is 11.8. The molecule has 4 heteroatoms. The second kappa shape index (κ2) is 6.62. The largest absolute Gasteiger partial charge is 0.327 e. The van der Waals surface area contributed by atoms with E-state index >= 15 is 0 Å². The van der Waals surface area contributed by atoms with Crippen molar-refractivity contribution in [2.75, 3.05) is 5.32 Å². The van der Waals surface area contributed by atoms with Gasteiger partial charge in [0.2, 0.25) is 5.91 Å². The fourth-order valence-electron chi connectivity index (χ4n) is 1.37. The summed E-state index contributed by atoms with van der Waals surface area (Å²) in [4.78, 5) is 11.8. The molecule has 0 bridgehead atoms. The Balaban J connectivity index is 0.00000256. The summed E-state index contributed by atoms with van der Waals surface area (Å²) in [5.41, 5.74) is 8.85. The summed E-state index contributed by atoms with van der Waals surface area (Å²) >= 11 is 0. The molecule has 0 radical (unpaired) electrons. The van der Waals surface area contributed by atoms with E-state index in [4.69, 9.17) is 5.73 Å². The van der Waals surface area contributed by atoms with Crippen molar-refractivity contribution in [3.63, 3.8) is 0 Å². The molecule has 1 aromatic carbocycles. The van der Waals surface area contributed by atoms with Gasteiger partial charge in [0.15, 0.2) is 0 Å². The molecule has 0 spiro atoms. The maximum atomic E-state index is 11.8. The highest BCUT2D eigenvalue weighted by Crippen LogP contribution is 2.18. The molecule has 1 aromatic rings. The van der Waals surface area contributed by atoms with E-state index in [-0.39, 0.29) is 30.3 Å². The van der Waals surface area contributed by atoms with Crippen LogP contribution in [0, 0.1) is 19.8 Å². The molecule has 2 atom stereocenters. The first kappa shape index (κ1) is 15.9. The molecule has 1 rings (SSSR count). The number of rotatable bonds is 3. The highest BCUT2D eigenvalue weighted by molar-refractivity contribution is 5.93. The standard InChI is InChI=1S/C13H20N2O.ClH/c1-8-6-5-7-12(9(8)2)15-13(16)10(3)11(4)14;/h5-7,10-11H,14H2,1-4H3,(H,15,16);1H. The number of benzene rings is 1.